The molecule has 0 aliphatic heterocycles. The summed E-state index contributed by atoms with van der Waals surface area (Å²) in [4.78, 5) is 25.4. The molecule has 0 atom stereocenters. The molecule has 122 valence electrons. The second-order valence-corrected chi connectivity index (χ2v) is 5.60. The molecule has 0 saturated carbocycles. The van der Waals surface area contributed by atoms with Gasteiger partial charge >= 0.3 is 0 Å². The van der Waals surface area contributed by atoms with Gasteiger partial charge in [0, 0.05) is 19.2 Å². The van der Waals surface area contributed by atoms with Crippen molar-refractivity contribution in [3.05, 3.63) is 65.2 Å². The Bertz CT molecular complexity index is 759. The van der Waals surface area contributed by atoms with E-state index in [1.807, 2.05) is 37.3 Å². The summed E-state index contributed by atoms with van der Waals surface area (Å²) >= 11 is 0. The summed E-state index contributed by atoms with van der Waals surface area (Å²) in [6, 6.07) is 16.5. The maximum absolute atomic E-state index is 12.2. The second-order valence-electron chi connectivity index (χ2n) is 5.60. The monoisotopic (exact) mass is 321 g/mol. The van der Waals surface area contributed by atoms with Crippen molar-refractivity contribution in [2.24, 2.45) is 0 Å². The number of aryl methyl sites for hydroxylation is 1. The Labute approximate surface area is 141 Å². The van der Waals surface area contributed by atoms with Crippen molar-refractivity contribution in [3.63, 3.8) is 0 Å². The zero-order chi connectivity index (χ0) is 17.5. The summed E-state index contributed by atoms with van der Waals surface area (Å²) < 4.78 is 0. The quantitative estimate of drug-likeness (QED) is 0.920. The minimum Gasteiger partial charge on any atom is -0.329 e. The van der Waals surface area contributed by atoms with E-state index in [-0.39, 0.29) is 18.4 Å². The van der Waals surface area contributed by atoms with Gasteiger partial charge in [-0.25, -0.2) is 0 Å². The number of anilines is 1. The lowest BCUT2D eigenvalue weighted by atomic mass is 10.1. The van der Waals surface area contributed by atoms with E-state index < -0.39 is 0 Å². The molecule has 5 nitrogen and oxygen atoms in total. The average Bonchev–Trinajstić information content (AvgIpc) is 2.56. The van der Waals surface area contributed by atoms with Gasteiger partial charge in [0.05, 0.1) is 11.6 Å². The molecular formula is C19H19N3O2. The zero-order valence-electron chi connectivity index (χ0n) is 13.7. The lowest BCUT2D eigenvalue weighted by Gasteiger charge is -2.20. The molecule has 0 spiro atoms. The van der Waals surface area contributed by atoms with Crippen LogP contribution in [-0.4, -0.2) is 23.3 Å². The number of nitriles is 1. The molecule has 0 saturated heterocycles. The fourth-order valence-electron chi connectivity index (χ4n) is 2.19. The predicted octanol–water partition coefficient (Wildman–Crippen LogP) is 2.85. The summed E-state index contributed by atoms with van der Waals surface area (Å²) in [5.74, 6) is -0.437. The number of nitrogens with zero attached hydrogens (tertiary/aromatic N) is 2. The second kappa shape index (κ2) is 7.93. The van der Waals surface area contributed by atoms with Crippen molar-refractivity contribution in [2.75, 3.05) is 11.9 Å². The molecule has 2 amide bonds. The van der Waals surface area contributed by atoms with Crippen molar-refractivity contribution >= 4 is 17.5 Å². The van der Waals surface area contributed by atoms with Crippen LogP contribution in [-0.2, 0) is 16.1 Å². The first-order chi connectivity index (χ1) is 11.5. The third-order valence-electron chi connectivity index (χ3n) is 3.57. The molecule has 2 aromatic carbocycles. The molecular weight excluding hydrogens is 302 g/mol. The number of hydrogen-bond donors (Lipinski definition) is 1. The summed E-state index contributed by atoms with van der Waals surface area (Å²) in [6.45, 7) is 3.81. The Morgan fingerprint density at radius 3 is 2.25 bits per heavy atom. The molecule has 0 aromatic heterocycles. The minimum atomic E-state index is -0.276. The summed E-state index contributed by atoms with van der Waals surface area (Å²) in [5, 5.41) is 11.5. The Morgan fingerprint density at radius 2 is 1.71 bits per heavy atom. The van der Waals surface area contributed by atoms with E-state index in [0.717, 1.165) is 11.1 Å². The predicted molar refractivity (Wildman–Crippen MR) is 92.1 cm³/mol. The van der Waals surface area contributed by atoms with Gasteiger partial charge in [0.15, 0.2) is 0 Å². The van der Waals surface area contributed by atoms with Crippen LogP contribution in [0.3, 0.4) is 0 Å². The number of rotatable bonds is 5. The normalized spacial score (nSPS) is 9.88. The third-order valence-corrected chi connectivity index (χ3v) is 3.57. The van der Waals surface area contributed by atoms with Gasteiger partial charge in [-0.3, -0.25) is 9.59 Å². The van der Waals surface area contributed by atoms with Gasteiger partial charge in [-0.05, 0) is 36.8 Å². The average molecular weight is 321 g/mol. The van der Waals surface area contributed by atoms with Crippen LogP contribution < -0.4 is 5.32 Å². The van der Waals surface area contributed by atoms with Gasteiger partial charge < -0.3 is 10.2 Å². The van der Waals surface area contributed by atoms with Gasteiger partial charge in [0.1, 0.15) is 6.54 Å². The Kier molecular flexibility index (Phi) is 5.69. The van der Waals surface area contributed by atoms with Crippen LogP contribution in [0.4, 0.5) is 5.69 Å². The molecule has 0 aliphatic rings. The first-order valence-corrected chi connectivity index (χ1v) is 7.59. The van der Waals surface area contributed by atoms with Gasteiger partial charge in [-0.15, -0.1) is 0 Å². The molecule has 24 heavy (non-hydrogen) atoms. The smallest absolute Gasteiger partial charge is 0.244 e. The number of carbonyl (C=O) groups excluding carboxylic acids is 2. The van der Waals surface area contributed by atoms with E-state index in [9.17, 15) is 9.59 Å². The van der Waals surface area contributed by atoms with Crippen LogP contribution in [0, 0.1) is 18.3 Å². The van der Waals surface area contributed by atoms with Crippen molar-refractivity contribution in [2.45, 2.75) is 20.4 Å². The van der Waals surface area contributed by atoms with Gasteiger partial charge in [-0.2, -0.15) is 5.26 Å². The molecule has 0 aliphatic carbocycles. The molecule has 5 heteroatoms. The maximum Gasteiger partial charge on any atom is 0.244 e. The standard InChI is InChI=1S/C19H19N3O2/c1-14-3-5-17(6-4-14)12-22(15(2)23)13-19(24)21-18-9-7-16(11-20)8-10-18/h3-10H,12-13H2,1-2H3,(H,21,24). The number of benzene rings is 2. The SMILES string of the molecule is CC(=O)N(CC(=O)Nc1ccc(C#N)cc1)Cc1ccc(C)cc1. The van der Waals surface area contributed by atoms with Crippen molar-refractivity contribution in [3.8, 4) is 6.07 Å². The lowest BCUT2D eigenvalue weighted by Crippen LogP contribution is -2.36. The Balaban J connectivity index is 1.98. The zero-order valence-corrected chi connectivity index (χ0v) is 13.7. The third kappa shape index (κ3) is 4.96. The first kappa shape index (κ1) is 17.2. The largest absolute Gasteiger partial charge is 0.329 e. The summed E-state index contributed by atoms with van der Waals surface area (Å²) in [6.07, 6.45) is 0. The fraction of sp³-hybridized carbons (Fsp3) is 0.211. The molecule has 0 radical (unpaired) electrons. The molecule has 2 rings (SSSR count). The molecule has 1 N–H and O–H groups in total. The molecule has 2 aromatic rings. The van der Waals surface area contributed by atoms with Crippen molar-refractivity contribution < 1.29 is 9.59 Å². The molecule has 0 unspecified atom stereocenters. The van der Waals surface area contributed by atoms with E-state index in [1.165, 1.54) is 11.8 Å². The van der Waals surface area contributed by atoms with Crippen molar-refractivity contribution in [1.29, 1.82) is 5.26 Å². The van der Waals surface area contributed by atoms with Crippen LogP contribution in [0.5, 0.6) is 0 Å². The van der Waals surface area contributed by atoms with E-state index in [0.29, 0.717) is 17.8 Å². The van der Waals surface area contributed by atoms with E-state index in [2.05, 4.69) is 5.32 Å². The highest BCUT2D eigenvalue weighted by Gasteiger charge is 2.14. The number of nitrogens with one attached hydrogen (secondary N) is 1. The summed E-state index contributed by atoms with van der Waals surface area (Å²) in [5.41, 5.74) is 3.24. The van der Waals surface area contributed by atoms with E-state index >= 15 is 0 Å². The summed E-state index contributed by atoms with van der Waals surface area (Å²) in [7, 11) is 0. The highest BCUT2D eigenvalue weighted by molar-refractivity contribution is 5.94. The van der Waals surface area contributed by atoms with Crippen LogP contribution >= 0.6 is 0 Å². The van der Waals surface area contributed by atoms with Gasteiger partial charge in [0.2, 0.25) is 11.8 Å². The van der Waals surface area contributed by atoms with Gasteiger partial charge in [-0.1, -0.05) is 29.8 Å². The van der Waals surface area contributed by atoms with Crippen LogP contribution in [0.2, 0.25) is 0 Å². The fourth-order valence-corrected chi connectivity index (χ4v) is 2.19. The minimum absolute atomic E-state index is 0.0246. The first-order valence-electron chi connectivity index (χ1n) is 7.59. The lowest BCUT2D eigenvalue weighted by molar-refractivity contribution is -0.133. The highest BCUT2D eigenvalue weighted by atomic mass is 16.2. The number of amides is 2. The molecule has 0 fully saturated rings. The van der Waals surface area contributed by atoms with Crippen LogP contribution in [0.25, 0.3) is 0 Å². The Hall–Kier alpha value is -3.13. The number of carbonyl (C=O) groups is 2. The molecule has 0 bridgehead atoms. The van der Waals surface area contributed by atoms with Gasteiger partial charge in [0.25, 0.3) is 0 Å². The number of hydrogen-bond acceptors (Lipinski definition) is 3. The van der Waals surface area contributed by atoms with Crippen molar-refractivity contribution in [1.82, 2.24) is 4.90 Å². The topological polar surface area (TPSA) is 73.2 Å². The molecule has 0 heterocycles. The van der Waals surface area contributed by atoms with E-state index in [4.69, 9.17) is 5.26 Å². The maximum atomic E-state index is 12.2. The van der Waals surface area contributed by atoms with E-state index in [1.54, 1.807) is 24.3 Å². The highest BCUT2D eigenvalue weighted by Crippen LogP contribution is 2.10. The van der Waals surface area contributed by atoms with Crippen LogP contribution in [0.1, 0.15) is 23.6 Å². The van der Waals surface area contributed by atoms with Crippen LogP contribution in [0.15, 0.2) is 48.5 Å². The Morgan fingerprint density at radius 1 is 1.08 bits per heavy atom.